The van der Waals surface area contributed by atoms with Crippen molar-refractivity contribution in [1.82, 2.24) is 9.80 Å². The van der Waals surface area contributed by atoms with Crippen molar-refractivity contribution in [1.29, 1.82) is 0 Å². The SMILES string of the molecule is COC(=O)CCN1CCN(Cc2cccc(C)c2)CC1. The van der Waals surface area contributed by atoms with E-state index in [-0.39, 0.29) is 5.97 Å². The van der Waals surface area contributed by atoms with Gasteiger partial charge in [0.05, 0.1) is 13.5 Å². The molecule has 0 radical (unpaired) electrons. The van der Waals surface area contributed by atoms with Crippen LogP contribution in [0.2, 0.25) is 0 Å². The minimum Gasteiger partial charge on any atom is -0.469 e. The fourth-order valence-corrected chi connectivity index (χ4v) is 2.59. The van der Waals surface area contributed by atoms with Gasteiger partial charge in [-0.25, -0.2) is 0 Å². The molecule has 1 saturated heterocycles. The number of esters is 1. The lowest BCUT2D eigenvalue weighted by molar-refractivity contribution is -0.141. The molecule has 1 aliphatic heterocycles. The lowest BCUT2D eigenvalue weighted by Gasteiger charge is -2.34. The molecule has 0 spiro atoms. The Balaban J connectivity index is 1.73. The zero-order valence-electron chi connectivity index (χ0n) is 12.5. The quantitative estimate of drug-likeness (QED) is 0.766. The molecule has 1 aromatic carbocycles. The van der Waals surface area contributed by atoms with Crippen LogP contribution >= 0.6 is 0 Å². The van der Waals surface area contributed by atoms with Crippen molar-refractivity contribution in [2.45, 2.75) is 19.9 Å². The van der Waals surface area contributed by atoms with Gasteiger partial charge in [0.25, 0.3) is 0 Å². The number of rotatable bonds is 5. The number of aryl methyl sites for hydroxylation is 1. The van der Waals surface area contributed by atoms with Gasteiger partial charge in [0.15, 0.2) is 0 Å². The Labute approximate surface area is 121 Å². The summed E-state index contributed by atoms with van der Waals surface area (Å²) in [6.07, 6.45) is 0.494. The fraction of sp³-hybridized carbons (Fsp3) is 0.562. The average molecular weight is 276 g/mol. The van der Waals surface area contributed by atoms with Crippen molar-refractivity contribution in [3.05, 3.63) is 35.4 Å². The fourth-order valence-electron chi connectivity index (χ4n) is 2.59. The van der Waals surface area contributed by atoms with E-state index in [1.165, 1.54) is 18.2 Å². The van der Waals surface area contributed by atoms with Crippen molar-refractivity contribution in [3.63, 3.8) is 0 Å². The second-order valence-corrected chi connectivity index (χ2v) is 5.43. The van der Waals surface area contributed by atoms with Crippen molar-refractivity contribution >= 4 is 5.97 Å². The molecule has 0 N–H and O–H groups in total. The molecule has 0 atom stereocenters. The Kier molecular flexibility index (Phi) is 5.56. The molecule has 0 bridgehead atoms. The van der Waals surface area contributed by atoms with Gasteiger partial charge in [-0.3, -0.25) is 9.69 Å². The third-order valence-corrected chi connectivity index (χ3v) is 3.81. The number of carbonyl (C=O) groups is 1. The molecule has 1 aliphatic rings. The number of ether oxygens (including phenoxy) is 1. The number of hydrogen-bond acceptors (Lipinski definition) is 4. The molecular weight excluding hydrogens is 252 g/mol. The largest absolute Gasteiger partial charge is 0.469 e. The zero-order valence-corrected chi connectivity index (χ0v) is 12.5. The standard InChI is InChI=1S/C16H24N2O2/c1-14-4-3-5-15(12-14)13-18-10-8-17(9-11-18)7-6-16(19)20-2/h3-5,12H,6-11,13H2,1-2H3. The van der Waals surface area contributed by atoms with Gasteiger partial charge in [-0.2, -0.15) is 0 Å². The Morgan fingerprint density at radius 1 is 1.20 bits per heavy atom. The van der Waals surface area contributed by atoms with Crippen LogP contribution in [-0.4, -0.2) is 55.6 Å². The first-order valence-corrected chi connectivity index (χ1v) is 7.24. The van der Waals surface area contributed by atoms with Crippen molar-refractivity contribution < 1.29 is 9.53 Å². The number of nitrogens with zero attached hydrogens (tertiary/aromatic N) is 2. The summed E-state index contributed by atoms with van der Waals surface area (Å²) in [7, 11) is 1.45. The highest BCUT2D eigenvalue weighted by atomic mass is 16.5. The van der Waals surface area contributed by atoms with E-state index in [0.29, 0.717) is 6.42 Å². The first kappa shape index (κ1) is 15.0. The monoisotopic (exact) mass is 276 g/mol. The maximum Gasteiger partial charge on any atom is 0.306 e. The third kappa shape index (κ3) is 4.62. The van der Waals surface area contributed by atoms with Crippen LogP contribution in [0.5, 0.6) is 0 Å². The molecule has 110 valence electrons. The molecule has 2 rings (SSSR count). The lowest BCUT2D eigenvalue weighted by atomic mass is 10.1. The maximum atomic E-state index is 11.1. The van der Waals surface area contributed by atoms with Crippen LogP contribution in [0.1, 0.15) is 17.5 Å². The molecule has 0 amide bonds. The molecule has 0 aliphatic carbocycles. The van der Waals surface area contributed by atoms with E-state index >= 15 is 0 Å². The van der Waals surface area contributed by atoms with E-state index in [2.05, 4.69) is 45.7 Å². The van der Waals surface area contributed by atoms with E-state index in [1.807, 2.05) is 0 Å². The van der Waals surface area contributed by atoms with Gasteiger partial charge < -0.3 is 9.64 Å². The Hall–Kier alpha value is -1.39. The van der Waals surface area contributed by atoms with Crippen LogP contribution in [0.4, 0.5) is 0 Å². The van der Waals surface area contributed by atoms with Crippen LogP contribution in [0.25, 0.3) is 0 Å². The van der Waals surface area contributed by atoms with Gasteiger partial charge >= 0.3 is 5.97 Å². The van der Waals surface area contributed by atoms with Gasteiger partial charge in [0.2, 0.25) is 0 Å². The molecule has 0 aromatic heterocycles. The summed E-state index contributed by atoms with van der Waals surface area (Å²) in [5.41, 5.74) is 2.70. The van der Waals surface area contributed by atoms with Gasteiger partial charge in [-0.1, -0.05) is 29.8 Å². The van der Waals surface area contributed by atoms with E-state index in [4.69, 9.17) is 0 Å². The molecule has 1 fully saturated rings. The first-order valence-electron chi connectivity index (χ1n) is 7.24. The van der Waals surface area contributed by atoms with E-state index < -0.39 is 0 Å². The highest BCUT2D eigenvalue weighted by molar-refractivity contribution is 5.69. The molecule has 20 heavy (non-hydrogen) atoms. The number of carbonyl (C=O) groups excluding carboxylic acids is 1. The summed E-state index contributed by atoms with van der Waals surface area (Å²) in [5.74, 6) is -0.118. The normalized spacial score (nSPS) is 17.1. The van der Waals surface area contributed by atoms with E-state index in [0.717, 1.165) is 39.3 Å². The predicted molar refractivity (Wildman–Crippen MR) is 79.5 cm³/mol. The first-order chi connectivity index (χ1) is 9.67. The average Bonchev–Trinajstić information content (AvgIpc) is 2.46. The molecule has 0 saturated carbocycles. The summed E-state index contributed by atoms with van der Waals surface area (Å²) < 4.78 is 4.68. The summed E-state index contributed by atoms with van der Waals surface area (Å²) in [6, 6.07) is 8.70. The smallest absolute Gasteiger partial charge is 0.306 e. The minimum absolute atomic E-state index is 0.118. The summed E-state index contributed by atoms with van der Waals surface area (Å²) >= 11 is 0. The van der Waals surface area contributed by atoms with Gasteiger partial charge in [-0.15, -0.1) is 0 Å². The third-order valence-electron chi connectivity index (χ3n) is 3.81. The number of benzene rings is 1. The van der Waals surface area contributed by atoms with E-state index in [1.54, 1.807) is 0 Å². The molecule has 4 nitrogen and oxygen atoms in total. The van der Waals surface area contributed by atoms with Crippen molar-refractivity contribution in [2.24, 2.45) is 0 Å². The van der Waals surface area contributed by atoms with E-state index in [9.17, 15) is 4.79 Å². The molecule has 1 heterocycles. The maximum absolute atomic E-state index is 11.1. The minimum atomic E-state index is -0.118. The van der Waals surface area contributed by atoms with Crippen LogP contribution in [-0.2, 0) is 16.1 Å². The highest BCUT2D eigenvalue weighted by Gasteiger charge is 2.17. The highest BCUT2D eigenvalue weighted by Crippen LogP contribution is 2.10. The van der Waals surface area contributed by atoms with Gasteiger partial charge in [0, 0.05) is 39.3 Å². The zero-order chi connectivity index (χ0) is 14.4. The topological polar surface area (TPSA) is 32.8 Å². The van der Waals surface area contributed by atoms with Crippen LogP contribution < -0.4 is 0 Å². The van der Waals surface area contributed by atoms with Crippen LogP contribution in [0.15, 0.2) is 24.3 Å². The second kappa shape index (κ2) is 7.41. The molecule has 4 heteroatoms. The Bertz CT molecular complexity index is 440. The number of methoxy groups -OCH3 is 1. The lowest BCUT2D eigenvalue weighted by Crippen LogP contribution is -2.46. The van der Waals surface area contributed by atoms with Crippen molar-refractivity contribution in [3.8, 4) is 0 Å². The predicted octanol–water partition coefficient (Wildman–Crippen LogP) is 1.68. The molecule has 1 aromatic rings. The number of piperazine rings is 1. The summed E-state index contributed by atoms with van der Waals surface area (Å²) in [4.78, 5) is 15.9. The second-order valence-electron chi connectivity index (χ2n) is 5.43. The van der Waals surface area contributed by atoms with Gasteiger partial charge in [0.1, 0.15) is 0 Å². The van der Waals surface area contributed by atoms with Crippen LogP contribution in [0.3, 0.4) is 0 Å². The van der Waals surface area contributed by atoms with Gasteiger partial charge in [-0.05, 0) is 12.5 Å². The van der Waals surface area contributed by atoms with Crippen molar-refractivity contribution in [2.75, 3.05) is 39.8 Å². The molecule has 0 unspecified atom stereocenters. The number of hydrogen-bond donors (Lipinski definition) is 0. The molecular formula is C16H24N2O2. The summed E-state index contributed by atoms with van der Waals surface area (Å²) in [5, 5.41) is 0. The Morgan fingerprint density at radius 2 is 1.90 bits per heavy atom. The van der Waals surface area contributed by atoms with Crippen LogP contribution in [0, 0.1) is 6.92 Å². The summed E-state index contributed by atoms with van der Waals surface area (Å²) in [6.45, 7) is 8.15. The Morgan fingerprint density at radius 3 is 2.55 bits per heavy atom.